The SMILES string of the molecule is CN(Cc1ccccc1)C(=O)c1cc(Nc2cccc(Cl)c2)ncn1. The van der Waals surface area contributed by atoms with E-state index in [0.29, 0.717) is 23.1 Å². The molecule has 25 heavy (non-hydrogen) atoms. The molecule has 0 aliphatic heterocycles. The fourth-order valence-electron chi connectivity index (χ4n) is 2.38. The third-order valence-electron chi connectivity index (χ3n) is 3.59. The van der Waals surface area contributed by atoms with Crippen LogP contribution in [0.25, 0.3) is 0 Å². The van der Waals surface area contributed by atoms with Crippen LogP contribution in [0.3, 0.4) is 0 Å². The van der Waals surface area contributed by atoms with Crippen molar-refractivity contribution < 1.29 is 4.79 Å². The van der Waals surface area contributed by atoms with E-state index < -0.39 is 0 Å². The van der Waals surface area contributed by atoms with E-state index >= 15 is 0 Å². The lowest BCUT2D eigenvalue weighted by Gasteiger charge is -2.17. The highest BCUT2D eigenvalue weighted by Crippen LogP contribution is 2.19. The summed E-state index contributed by atoms with van der Waals surface area (Å²) in [5.41, 5.74) is 2.19. The molecule has 1 aromatic heterocycles. The van der Waals surface area contributed by atoms with E-state index in [1.165, 1.54) is 6.33 Å². The maximum Gasteiger partial charge on any atom is 0.272 e. The monoisotopic (exact) mass is 352 g/mol. The van der Waals surface area contributed by atoms with Crippen molar-refractivity contribution in [3.63, 3.8) is 0 Å². The zero-order valence-electron chi connectivity index (χ0n) is 13.7. The van der Waals surface area contributed by atoms with Crippen molar-refractivity contribution in [3.8, 4) is 0 Å². The lowest BCUT2D eigenvalue weighted by molar-refractivity contribution is 0.0779. The highest BCUT2D eigenvalue weighted by Gasteiger charge is 2.14. The second-order valence-electron chi connectivity index (χ2n) is 5.57. The van der Waals surface area contributed by atoms with Gasteiger partial charge in [0.2, 0.25) is 0 Å². The molecule has 126 valence electrons. The van der Waals surface area contributed by atoms with Crippen molar-refractivity contribution in [1.82, 2.24) is 14.9 Å². The molecule has 6 heteroatoms. The second-order valence-corrected chi connectivity index (χ2v) is 6.01. The van der Waals surface area contributed by atoms with Gasteiger partial charge in [-0.05, 0) is 23.8 Å². The first-order valence-corrected chi connectivity index (χ1v) is 8.13. The number of aromatic nitrogens is 2. The number of anilines is 2. The van der Waals surface area contributed by atoms with Crippen molar-refractivity contribution in [2.75, 3.05) is 12.4 Å². The molecule has 3 aromatic rings. The van der Waals surface area contributed by atoms with Crippen molar-refractivity contribution in [2.24, 2.45) is 0 Å². The van der Waals surface area contributed by atoms with E-state index in [4.69, 9.17) is 11.6 Å². The molecule has 0 spiro atoms. The normalized spacial score (nSPS) is 10.3. The van der Waals surface area contributed by atoms with Crippen LogP contribution in [0, 0.1) is 0 Å². The Kier molecular flexibility index (Phi) is 5.26. The van der Waals surface area contributed by atoms with Gasteiger partial charge in [-0.25, -0.2) is 9.97 Å². The first-order valence-electron chi connectivity index (χ1n) is 7.76. The molecule has 3 rings (SSSR count). The summed E-state index contributed by atoms with van der Waals surface area (Å²) in [5, 5.41) is 3.75. The van der Waals surface area contributed by atoms with E-state index in [0.717, 1.165) is 11.3 Å². The van der Waals surface area contributed by atoms with Crippen molar-refractivity contribution in [1.29, 1.82) is 0 Å². The Bertz CT molecular complexity index is 870. The molecule has 0 atom stereocenters. The average molecular weight is 353 g/mol. The van der Waals surface area contributed by atoms with Gasteiger partial charge in [0.15, 0.2) is 0 Å². The van der Waals surface area contributed by atoms with Crippen molar-refractivity contribution in [3.05, 3.63) is 83.3 Å². The third kappa shape index (κ3) is 4.55. The number of nitrogens with one attached hydrogen (secondary N) is 1. The number of hydrogen-bond donors (Lipinski definition) is 1. The van der Waals surface area contributed by atoms with Gasteiger partial charge in [0.1, 0.15) is 17.8 Å². The molecule has 0 fully saturated rings. The smallest absolute Gasteiger partial charge is 0.272 e. The summed E-state index contributed by atoms with van der Waals surface area (Å²) in [6.07, 6.45) is 1.37. The molecule has 0 aliphatic rings. The quantitative estimate of drug-likeness (QED) is 0.749. The third-order valence-corrected chi connectivity index (χ3v) is 3.83. The first kappa shape index (κ1) is 16.9. The molecule has 5 nitrogen and oxygen atoms in total. The molecule has 0 saturated carbocycles. The minimum absolute atomic E-state index is 0.166. The van der Waals surface area contributed by atoms with Crippen molar-refractivity contribution >= 4 is 29.0 Å². The molecule has 0 bridgehead atoms. The molecule has 0 radical (unpaired) electrons. The van der Waals surface area contributed by atoms with Crippen LogP contribution in [0.5, 0.6) is 0 Å². The van der Waals surface area contributed by atoms with Gasteiger partial charge in [0.25, 0.3) is 5.91 Å². The minimum atomic E-state index is -0.166. The van der Waals surface area contributed by atoms with Gasteiger partial charge < -0.3 is 10.2 Å². The van der Waals surface area contributed by atoms with Gasteiger partial charge in [0.05, 0.1) is 0 Å². The summed E-state index contributed by atoms with van der Waals surface area (Å²) in [6, 6.07) is 18.7. The molecule has 1 N–H and O–H groups in total. The Morgan fingerprint density at radius 1 is 1.08 bits per heavy atom. The lowest BCUT2D eigenvalue weighted by atomic mass is 10.2. The van der Waals surface area contributed by atoms with Crippen LogP contribution in [0.1, 0.15) is 16.1 Å². The highest BCUT2D eigenvalue weighted by atomic mass is 35.5. The van der Waals surface area contributed by atoms with Crippen LogP contribution < -0.4 is 5.32 Å². The number of carbonyl (C=O) groups is 1. The van der Waals surface area contributed by atoms with E-state index in [2.05, 4.69) is 15.3 Å². The second kappa shape index (κ2) is 7.77. The van der Waals surface area contributed by atoms with Gasteiger partial charge in [-0.2, -0.15) is 0 Å². The Morgan fingerprint density at radius 2 is 1.88 bits per heavy atom. The van der Waals surface area contributed by atoms with Crippen LogP contribution in [-0.4, -0.2) is 27.8 Å². The summed E-state index contributed by atoms with van der Waals surface area (Å²) in [7, 11) is 1.75. The van der Waals surface area contributed by atoms with Crippen LogP contribution in [0.2, 0.25) is 5.02 Å². The maximum atomic E-state index is 12.6. The minimum Gasteiger partial charge on any atom is -0.340 e. The molecular weight excluding hydrogens is 336 g/mol. The molecular formula is C19H17ClN4O. The lowest BCUT2D eigenvalue weighted by Crippen LogP contribution is -2.27. The molecule has 2 aromatic carbocycles. The van der Waals surface area contributed by atoms with Gasteiger partial charge in [-0.15, -0.1) is 0 Å². The zero-order chi connectivity index (χ0) is 17.6. The summed E-state index contributed by atoms with van der Waals surface area (Å²) in [4.78, 5) is 22.5. The van der Waals surface area contributed by atoms with Gasteiger partial charge >= 0.3 is 0 Å². The first-order chi connectivity index (χ1) is 12.1. The molecule has 0 aliphatic carbocycles. The van der Waals surface area contributed by atoms with E-state index in [-0.39, 0.29) is 5.91 Å². The summed E-state index contributed by atoms with van der Waals surface area (Å²) in [5.74, 6) is 0.370. The van der Waals surface area contributed by atoms with Crippen LogP contribution in [0.15, 0.2) is 67.0 Å². The number of halogens is 1. The Balaban J connectivity index is 1.73. The zero-order valence-corrected chi connectivity index (χ0v) is 14.4. The molecule has 0 unspecified atom stereocenters. The van der Waals surface area contributed by atoms with Gasteiger partial charge in [0, 0.05) is 30.4 Å². The van der Waals surface area contributed by atoms with E-state index in [1.807, 2.05) is 42.5 Å². The van der Waals surface area contributed by atoms with Crippen LogP contribution >= 0.6 is 11.6 Å². The predicted octanol–water partition coefficient (Wildman–Crippen LogP) is 4.15. The summed E-state index contributed by atoms with van der Waals surface area (Å²) >= 11 is 5.98. The number of rotatable bonds is 5. The maximum absolute atomic E-state index is 12.6. The number of amides is 1. The van der Waals surface area contributed by atoms with Crippen LogP contribution in [-0.2, 0) is 6.54 Å². The number of nitrogens with zero attached hydrogens (tertiary/aromatic N) is 3. The highest BCUT2D eigenvalue weighted by molar-refractivity contribution is 6.30. The predicted molar refractivity (Wildman–Crippen MR) is 99.0 cm³/mol. The van der Waals surface area contributed by atoms with Crippen molar-refractivity contribution in [2.45, 2.75) is 6.54 Å². The number of carbonyl (C=O) groups excluding carboxylic acids is 1. The summed E-state index contributed by atoms with van der Waals surface area (Å²) < 4.78 is 0. The fraction of sp³-hybridized carbons (Fsp3) is 0.105. The molecule has 1 amide bonds. The fourth-order valence-corrected chi connectivity index (χ4v) is 2.57. The van der Waals surface area contributed by atoms with Crippen LogP contribution in [0.4, 0.5) is 11.5 Å². The topological polar surface area (TPSA) is 58.1 Å². The number of benzene rings is 2. The van der Waals surface area contributed by atoms with Gasteiger partial charge in [-0.3, -0.25) is 4.79 Å². The van der Waals surface area contributed by atoms with E-state index in [9.17, 15) is 4.79 Å². The Labute approximate surface area is 151 Å². The largest absolute Gasteiger partial charge is 0.340 e. The Morgan fingerprint density at radius 3 is 2.64 bits per heavy atom. The molecule has 0 saturated heterocycles. The average Bonchev–Trinajstić information content (AvgIpc) is 2.62. The van der Waals surface area contributed by atoms with E-state index in [1.54, 1.807) is 30.1 Å². The Hall–Kier alpha value is -2.92. The summed E-state index contributed by atoms with van der Waals surface area (Å²) in [6.45, 7) is 0.515. The standard InChI is InChI=1S/C19H17ClN4O/c1-24(12-14-6-3-2-4-7-14)19(25)17-11-18(22-13-21-17)23-16-9-5-8-15(20)10-16/h2-11,13H,12H2,1H3,(H,21,22,23). The number of hydrogen-bond acceptors (Lipinski definition) is 4. The van der Waals surface area contributed by atoms with Gasteiger partial charge in [-0.1, -0.05) is 48.0 Å². The molecule has 1 heterocycles.